The molecular formula is C16H25NO3. The summed E-state index contributed by atoms with van der Waals surface area (Å²) in [6.45, 7) is 8.92. The first-order valence-electron chi connectivity index (χ1n) is 6.95. The molecule has 20 heavy (non-hydrogen) atoms. The fourth-order valence-corrected chi connectivity index (χ4v) is 1.74. The van der Waals surface area contributed by atoms with E-state index in [1.165, 1.54) is 5.56 Å². The number of carbonyl (C=O) groups excluding carboxylic acids is 1. The van der Waals surface area contributed by atoms with Gasteiger partial charge in [-0.1, -0.05) is 32.9 Å². The van der Waals surface area contributed by atoms with E-state index >= 15 is 0 Å². The summed E-state index contributed by atoms with van der Waals surface area (Å²) in [7, 11) is 1.72. The second-order valence-electron chi connectivity index (χ2n) is 5.68. The molecule has 0 bridgehead atoms. The molecule has 0 saturated heterocycles. The fourth-order valence-electron chi connectivity index (χ4n) is 1.74. The molecule has 1 aromatic rings. The molecule has 1 atom stereocenters. The van der Waals surface area contributed by atoms with E-state index in [9.17, 15) is 4.79 Å². The summed E-state index contributed by atoms with van der Waals surface area (Å²) in [6.07, 6.45) is 0. The van der Waals surface area contributed by atoms with Crippen molar-refractivity contribution in [3.05, 3.63) is 29.8 Å². The van der Waals surface area contributed by atoms with E-state index in [1.807, 2.05) is 24.3 Å². The second kappa shape index (κ2) is 7.29. The Morgan fingerprint density at radius 1 is 1.25 bits per heavy atom. The lowest BCUT2D eigenvalue weighted by Crippen LogP contribution is -2.40. The predicted octanol–water partition coefficient (Wildman–Crippen LogP) is 2.51. The van der Waals surface area contributed by atoms with Gasteiger partial charge in [-0.2, -0.15) is 0 Å². The maximum absolute atomic E-state index is 11.6. The summed E-state index contributed by atoms with van der Waals surface area (Å²) in [4.78, 5) is 11.6. The molecule has 112 valence electrons. The highest BCUT2D eigenvalue weighted by Crippen LogP contribution is 2.24. The van der Waals surface area contributed by atoms with Crippen LogP contribution in [0.15, 0.2) is 24.3 Å². The first-order chi connectivity index (χ1) is 9.38. The zero-order valence-electron chi connectivity index (χ0n) is 13.0. The van der Waals surface area contributed by atoms with E-state index in [4.69, 9.17) is 9.47 Å². The third-order valence-electron chi connectivity index (χ3n) is 3.06. The molecule has 0 aliphatic heterocycles. The molecule has 1 unspecified atom stereocenters. The number of ether oxygens (including phenoxy) is 2. The number of esters is 1. The van der Waals surface area contributed by atoms with Crippen LogP contribution in [-0.4, -0.2) is 32.3 Å². The first-order valence-corrected chi connectivity index (χ1v) is 6.95. The van der Waals surface area contributed by atoms with Gasteiger partial charge in [-0.05, 0) is 37.1 Å². The van der Waals surface area contributed by atoms with Crippen molar-refractivity contribution in [2.45, 2.75) is 39.2 Å². The molecule has 0 spiro atoms. The standard InChI is InChI=1S/C16H25NO3/c1-6-19-15(18)14(17-5)11-20-13-9-7-12(8-10-13)16(2,3)4/h7-10,14,17H,6,11H2,1-5H3. The molecule has 1 N–H and O–H groups in total. The van der Waals surface area contributed by atoms with E-state index < -0.39 is 6.04 Å². The molecule has 0 aliphatic carbocycles. The van der Waals surface area contributed by atoms with Crippen molar-refractivity contribution in [1.29, 1.82) is 0 Å². The second-order valence-corrected chi connectivity index (χ2v) is 5.68. The fraction of sp³-hybridized carbons (Fsp3) is 0.562. The summed E-state index contributed by atoms with van der Waals surface area (Å²) in [5.41, 5.74) is 1.37. The van der Waals surface area contributed by atoms with Crippen LogP contribution < -0.4 is 10.1 Å². The Balaban J connectivity index is 2.58. The van der Waals surface area contributed by atoms with Crippen LogP contribution in [0, 0.1) is 0 Å². The van der Waals surface area contributed by atoms with Crippen LogP contribution in [0.5, 0.6) is 5.75 Å². The number of carbonyl (C=O) groups is 1. The Kier molecular flexibility index (Phi) is 6.02. The van der Waals surface area contributed by atoms with Crippen molar-refractivity contribution >= 4 is 5.97 Å². The number of hydrogen-bond donors (Lipinski definition) is 1. The molecular weight excluding hydrogens is 254 g/mol. The highest BCUT2D eigenvalue weighted by atomic mass is 16.5. The smallest absolute Gasteiger partial charge is 0.326 e. The molecule has 0 aromatic heterocycles. The van der Waals surface area contributed by atoms with E-state index in [0.717, 1.165) is 5.75 Å². The highest BCUT2D eigenvalue weighted by molar-refractivity contribution is 5.75. The van der Waals surface area contributed by atoms with E-state index in [2.05, 4.69) is 26.1 Å². The largest absolute Gasteiger partial charge is 0.491 e. The molecule has 4 heteroatoms. The van der Waals surface area contributed by atoms with Gasteiger partial charge < -0.3 is 14.8 Å². The normalized spacial score (nSPS) is 12.8. The SMILES string of the molecule is CCOC(=O)C(COc1ccc(C(C)(C)C)cc1)NC. The highest BCUT2D eigenvalue weighted by Gasteiger charge is 2.18. The van der Waals surface area contributed by atoms with Crippen molar-refractivity contribution in [1.82, 2.24) is 5.32 Å². The molecule has 0 radical (unpaired) electrons. The monoisotopic (exact) mass is 279 g/mol. The Hall–Kier alpha value is -1.55. The lowest BCUT2D eigenvalue weighted by Gasteiger charge is -2.20. The number of likely N-dealkylation sites (N-methyl/N-ethyl adjacent to an activating group) is 1. The van der Waals surface area contributed by atoms with E-state index in [-0.39, 0.29) is 18.0 Å². The van der Waals surface area contributed by atoms with Crippen molar-refractivity contribution < 1.29 is 14.3 Å². The van der Waals surface area contributed by atoms with Gasteiger partial charge in [-0.3, -0.25) is 4.79 Å². The van der Waals surface area contributed by atoms with Gasteiger partial charge in [0.2, 0.25) is 0 Å². The van der Waals surface area contributed by atoms with Crippen molar-refractivity contribution in [2.24, 2.45) is 0 Å². The van der Waals surface area contributed by atoms with Gasteiger partial charge >= 0.3 is 5.97 Å². The minimum absolute atomic E-state index is 0.122. The lowest BCUT2D eigenvalue weighted by atomic mass is 9.87. The van der Waals surface area contributed by atoms with Gasteiger partial charge in [0.05, 0.1) is 6.61 Å². The van der Waals surface area contributed by atoms with Crippen molar-refractivity contribution in [2.75, 3.05) is 20.3 Å². The molecule has 0 aliphatic rings. The third-order valence-corrected chi connectivity index (χ3v) is 3.06. The Morgan fingerprint density at radius 2 is 1.85 bits per heavy atom. The van der Waals surface area contributed by atoms with Crippen LogP contribution in [-0.2, 0) is 14.9 Å². The van der Waals surface area contributed by atoms with Gasteiger partial charge in [-0.15, -0.1) is 0 Å². The van der Waals surface area contributed by atoms with E-state index in [1.54, 1.807) is 14.0 Å². The van der Waals surface area contributed by atoms with Gasteiger partial charge in [0.1, 0.15) is 18.4 Å². The van der Waals surface area contributed by atoms with E-state index in [0.29, 0.717) is 6.61 Å². The summed E-state index contributed by atoms with van der Waals surface area (Å²) >= 11 is 0. The van der Waals surface area contributed by atoms with Crippen molar-refractivity contribution in [3.8, 4) is 5.75 Å². The molecule has 0 amide bonds. The number of nitrogens with one attached hydrogen (secondary N) is 1. The molecule has 1 rings (SSSR count). The van der Waals surface area contributed by atoms with Crippen LogP contribution in [0.2, 0.25) is 0 Å². The van der Waals surface area contributed by atoms with Crippen molar-refractivity contribution in [3.63, 3.8) is 0 Å². The lowest BCUT2D eigenvalue weighted by molar-refractivity contribution is -0.146. The molecule has 0 fully saturated rings. The average Bonchev–Trinajstić information content (AvgIpc) is 2.39. The van der Waals surface area contributed by atoms with Gasteiger partial charge in [0.15, 0.2) is 0 Å². The maximum Gasteiger partial charge on any atom is 0.326 e. The Labute approximate surface area is 121 Å². The molecule has 0 saturated carbocycles. The zero-order chi connectivity index (χ0) is 15.2. The average molecular weight is 279 g/mol. The number of hydrogen-bond acceptors (Lipinski definition) is 4. The molecule has 1 aromatic carbocycles. The summed E-state index contributed by atoms with van der Waals surface area (Å²) < 4.78 is 10.6. The zero-order valence-corrected chi connectivity index (χ0v) is 13.0. The maximum atomic E-state index is 11.6. The van der Waals surface area contributed by atoms with Crippen LogP contribution >= 0.6 is 0 Å². The minimum atomic E-state index is -0.447. The number of benzene rings is 1. The van der Waals surface area contributed by atoms with Crippen LogP contribution in [0.4, 0.5) is 0 Å². The first kappa shape index (κ1) is 16.5. The molecule has 0 heterocycles. The Morgan fingerprint density at radius 3 is 2.30 bits per heavy atom. The summed E-state index contributed by atoms with van der Waals surface area (Å²) in [5.74, 6) is 0.462. The minimum Gasteiger partial charge on any atom is -0.491 e. The van der Waals surface area contributed by atoms with Crippen LogP contribution in [0.25, 0.3) is 0 Å². The van der Waals surface area contributed by atoms with Gasteiger partial charge in [0.25, 0.3) is 0 Å². The topological polar surface area (TPSA) is 47.6 Å². The summed E-state index contributed by atoms with van der Waals surface area (Å²) in [5, 5.41) is 2.89. The van der Waals surface area contributed by atoms with Gasteiger partial charge in [-0.25, -0.2) is 0 Å². The quantitative estimate of drug-likeness (QED) is 0.813. The number of rotatable bonds is 6. The van der Waals surface area contributed by atoms with Crippen LogP contribution in [0.3, 0.4) is 0 Å². The summed E-state index contributed by atoms with van der Waals surface area (Å²) in [6, 6.07) is 7.51. The Bertz CT molecular complexity index is 420. The van der Waals surface area contributed by atoms with Gasteiger partial charge in [0, 0.05) is 0 Å². The molecule has 4 nitrogen and oxygen atoms in total. The third kappa shape index (κ3) is 4.85. The predicted molar refractivity (Wildman–Crippen MR) is 80.1 cm³/mol. The van der Waals surface area contributed by atoms with Crippen LogP contribution in [0.1, 0.15) is 33.3 Å².